The molecule has 0 saturated carbocycles. The first-order chi connectivity index (χ1) is 13.4. The molecule has 0 aromatic heterocycles. The third kappa shape index (κ3) is 7.44. The molecule has 2 amide bonds. The van der Waals surface area contributed by atoms with Gasteiger partial charge in [-0.2, -0.15) is 0 Å². The summed E-state index contributed by atoms with van der Waals surface area (Å²) in [6.45, 7) is 10.2. The highest BCUT2D eigenvalue weighted by Crippen LogP contribution is 2.21. The molecule has 28 heavy (non-hydrogen) atoms. The van der Waals surface area contributed by atoms with Crippen molar-refractivity contribution in [3.63, 3.8) is 0 Å². The third-order valence-corrected chi connectivity index (χ3v) is 5.79. The van der Waals surface area contributed by atoms with E-state index in [1.165, 1.54) is 12.8 Å². The molecule has 1 aromatic carbocycles. The number of halogens is 1. The van der Waals surface area contributed by atoms with Crippen LogP contribution in [-0.4, -0.2) is 48.9 Å². The molecule has 5 nitrogen and oxygen atoms in total. The van der Waals surface area contributed by atoms with Crippen molar-refractivity contribution in [2.75, 3.05) is 26.2 Å². The number of hydrogen-bond donors (Lipinski definition) is 2. The Balaban J connectivity index is 1.65. The van der Waals surface area contributed by atoms with Gasteiger partial charge in [-0.15, -0.1) is 0 Å². The third-order valence-electron chi connectivity index (χ3n) is 5.54. The second-order valence-corrected chi connectivity index (χ2v) is 8.64. The van der Waals surface area contributed by atoms with Gasteiger partial charge in [0.25, 0.3) is 5.91 Å². The first kappa shape index (κ1) is 22.7. The van der Waals surface area contributed by atoms with Gasteiger partial charge < -0.3 is 10.6 Å². The van der Waals surface area contributed by atoms with Gasteiger partial charge in [0.2, 0.25) is 5.91 Å². The number of carbonyl (C=O) groups is 2. The zero-order chi connectivity index (χ0) is 20.5. The highest BCUT2D eigenvalue weighted by atomic mass is 35.5. The highest BCUT2D eigenvalue weighted by molar-refractivity contribution is 6.30. The normalized spacial score (nSPS) is 16.8. The van der Waals surface area contributed by atoms with Crippen LogP contribution in [-0.2, 0) is 4.79 Å². The van der Waals surface area contributed by atoms with Crippen molar-refractivity contribution in [2.45, 2.75) is 52.5 Å². The smallest absolute Gasteiger partial charge is 0.251 e. The SMILES string of the molecule is CC1CCN(C(CNC(=O)CCCNC(=O)c2ccc(Cl)cc2)C(C)C)CC1. The molecule has 1 aliphatic heterocycles. The summed E-state index contributed by atoms with van der Waals surface area (Å²) >= 11 is 5.83. The Morgan fingerprint density at radius 3 is 2.39 bits per heavy atom. The molecular weight excluding hydrogens is 374 g/mol. The van der Waals surface area contributed by atoms with Crippen LogP contribution in [0.4, 0.5) is 0 Å². The Labute approximate surface area is 174 Å². The van der Waals surface area contributed by atoms with E-state index >= 15 is 0 Å². The number of hydrogen-bond acceptors (Lipinski definition) is 3. The van der Waals surface area contributed by atoms with E-state index in [0.717, 1.165) is 19.0 Å². The van der Waals surface area contributed by atoms with Crippen molar-refractivity contribution in [3.8, 4) is 0 Å². The van der Waals surface area contributed by atoms with Gasteiger partial charge in [-0.05, 0) is 68.5 Å². The molecule has 1 aromatic rings. The topological polar surface area (TPSA) is 61.4 Å². The fourth-order valence-electron chi connectivity index (χ4n) is 3.61. The van der Waals surface area contributed by atoms with Crippen molar-refractivity contribution in [2.24, 2.45) is 11.8 Å². The van der Waals surface area contributed by atoms with Crippen LogP contribution in [0.5, 0.6) is 0 Å². The number of piperidine rings is 1. The number of carbonyl (C=O) groups excluding carboxylic acids is 2. The molecule has 156 valence electrons. The van der Waals surface area contributed by atoms with E-state index in [4.69, 9.17) is 11.6 Å². The van der Waals surface area contributed by atoms with E-state index in [9.17, 15) is 9.59 Å². The summed E-state index contributed by atoms with van der Waals surface area (Å²) in [5, 5.41) is 6.54. The summed E-state index contributed by atoms with van der Waals surface area (Å²) in [7, 11) is 0. The van der Waals surface area contributed by atoms with Gasteiger partial charge in [0.15, 0.2) is 0 Å². The number of nitrogens with zero attached hydrogens (tertiary/aromatic N) is 1. The number of rotatable bonds is 9. The van der Waals surface area contributed by atoms with Gasteiger partial charge in [0.05, 0.1) is 0 Å². The number of nitrogens with one attached hydrogen (secondary N) is 2. The fraction of sp³-hybridized carbons (Fsp3) is 0.636. The number of amides is 2. The molecule has 1 aliphatic rings. The summed E-state index contributed by atoms with van der Waals surface area (Å²) in [6, 6.07) is 7.16. The van der Waals surface area contributed by atoms with Crippen LogP contribution < -0.4 is 10.6 Å². The summed E-state index contributed by atoms with van der Waals surface area (Å²) in [4.78, 5) is 26.8. The van der Waals surface area contributed by atoms with E-state index in [-0.39, 0.29) is 11.8 Å². The Hall–Kier alpha value is -1.59. The molecule has 2 rings (SSSR count). The van der Waals surface area contributed by atoms with Crippen LogP contribution in [0.1, 0.15) is 56.8 Å². The molecular formula is C22H34ClN3O2. The Morgan fingerprint density at radius 1 is 1.14 bits per heavy atom. The van der Waals surface area contributed by atoms with Crippen molar-refractivity contribution in [1.82, 2.24) is 15.5 Å². The van der Waals surface area contributed by atoms with Crippen LogP contribution in [0.25, 0.3) is 0 Å². The van der Waals surface area contributed by atoms with Crippen LogP contribution in [0.2, 0.25) is 5.02 Å². The summed E-state index contributed by atoms with van der Waals surface area (Å²) in [5.41, 5.74) is 0.574. The van der Waals surface area contributed by atoms with Crippen LogP contribution in [0.15, 0.2) is 24.3 Å². The van der Waals surface area contributed by atoms with Gasteiger partial charge >= 0.3 is 0 Å². The van der Waals surface area contributed by atoms with Gasteiger partial charge in [-0.25, -0.2) is 0 Å². The summed E-state index contributed by atoms with van der Waals surface area (Å²) in [6.07, 6.45) is 3.52. The van der Waals surface area contributed by atoms with Gasteiger partial charge in [-0.3, -0.25) is 14.5 Å². The maximum atomic E-state index is 12.2. The van der Waals surface area contributed by atoms with E-state index < -0.39 is 0 Å². The molecule has 0 aliphatic carbocycles. The van der Waals surface area contributed by atoms with Crippen molar-refractivity contribution >= 4 is 23.4 Å². The van der Waals surface area contributed by atoms with E-state index in [0.29, 0.717) is 48.5 Å². The lowest BCUT2D eigenvalue weighted by Crippen LogP contribution is -2.49. The molecule has 2 N–H and O–H groups in total. The first-order valence-electron chi connectivity index (χ1n) is 10.4. The van der Waals surface area contributed by atoms with E-state index in [1.807, 2.05) is 0 Å². The second kappa shape index (κ2) is 11.4. The lowest BCUT2D eigenvalue weighted by Gasteiger charge is -2.38. The minimum Gasteiger partial charge on any atom is -0.355 e. The van der Waals surface area contributed by atoms with Gasteiger partial charge in [0, 0.05) is 36.1 Å². The average molecular weight is 408 g/mol. The second-order valence-electron chi connectivity index (χ2n) is 8.20. The van der Waals surface area contributed by atoms with E-state index in [1.54, 1.807) is 24.3 Å². The predicted octanol–water partition coefficient (Wildman–Crippen LogP) is 3.72. The standard InChI is InChI=1S/C22H34ClN3O2/c1-16(2)20(26-13-10-17(3)11-14-26)15-25-21(27)5-4-12-24-22(28)18-6-8-19(23)9-7-18/h6-9,16-17,20H,4-5,10-15H2,1-3H3,(H,24,28)(H,25,27). The molecule has 1 heterocycles. The maximum absolute atomic E-state index is 12.2. The molecule has 1 fully saturated rings. The largest absolute Gasteiger partial charge is 0.355 e. The Bertz CT molecular complexity index is 625. The summed E-state index contributed by atoms with van der Waals surface area (Å²) < 4.78 is 0. The van der Waals surface area contributed by atoms with Crippen LogP contribution >= 0.6 is 11.6 Å². The lowest BCUT2D eigenvalue weighted by molar-refractivity contribution is -0.121. The molecule has 1 saturated heterocycles. The Kier molecular flexibility index (Phi) is 9.26. The fourth-order valence-corrected chi connectivity index (χ4v) is 3.73. The average Bonchev–Trinajstić information content (AvgIpc) is 2.67. The minimum atomic E-state index is -0.142. The highest BCUT2D eigenvalue weighted by Gasteiger charge is 2.25. The number of likely N-dealkylation sites (tertiary alicyclic amines) is 1. The zero-order valence-corrected chi connectivity index (χ0v) is 18.1. The lowest BCUT2D eigenvalue weighted by atomic mass is 9.94. The number of benzene rings is 1. The maximum Gasteiger partial charge on any atom is 0.251 e. The molecule has 0 bridgehead atoms. The first-order valence-corrected chi connectivity index (χ1v) is 10.8. The minimum absolute atomic E-state index is 0.0526. The Morgan fingerprint density at radius 2 is 1.79 bits per heavy atom. The van der Waals surface area contributed by atoms with Gasteiger partial charge in [-0.1, -0.05) is 32.4 Å². The van der Waals surface area contributed by atoms with Crippen LogP contribution in [0, 0.1) is 11.8 Å². The van der Waals surface area contributed by atoms with Crippen molar-refractivity contribution in [3.05, 3.63) is 34.9 Å². The van der Waals surface area contributed by atoms with Gasteiger partial charge in [0.1, 0.15) is 0 Å². The molecule has 1 unspecified atom stereocenters. The zero-order valence-electron chi connectivity index (χ0n) is 17.3. The predicted molar refractivity (Wildman–Crippen MR) is 115 cm³/mol. The van der Waals surface area contributed by atoms with Crippen molar-refractivity contribution < 1.29 is 9.59 Å². The quantitative estimate of drug-likeness (QED) is 0.613. The molecule has 0 radical (unpaired) electrons. The van der Waals surface area contributed by atoms with Crippen LogP contribution in [0.3, 0.4) is 0 Å². The monoisotopic (exact) mass is 407 g/mol. The molecule has 6 heteroatoms. The molecule has 0 spiro atoms. The summed E-state index contributed by atoms with van der Waals surface area (Å²) in [5.74, 6) is 1.22. The molecule has 1 atom stereocenters. The van der Waals surface area contributed by atoms with Crippen molar-refractivity contribution in [1.29, 1.82) is 0 Å². The van der Waals surface area contributed by atoms with E-state index in [2.05, 4.69) is 36.3 Å².